The third-order valence-corrected chi connectivity index (χ3v) is 4.84. The Hall–Kier alpha value is -1.43. The number of hydrogen-bond donors (Lipinski definition) is 1. The van der Waals surface area contributed by atoms with Crippen LogP contribution in [0.15, 0.2) is 16.5 Å². The van der Waals surface area contributed by atoms with Crippen molar-refractivity contribution in [3.63, 3.8) is 0 Å². The number of hydrogen-bond acceptors (Lipinski definition) is 4. The molecule has 5 nitrogen and oxygen atoms in total. The summed E-state index contributed by atoms with van der Waals surface area (Å²) in [4.78, 5) is 25.8. The van der Waals surface area contributed by atoms with Crippen molar-refractivity contribution in [1.82, 2.24) is 10.2 Å². The maximum atomic E-state index is 12.5. The Bertz CT molecular complexity index is 543. The van der Waals surface area contributed by atoms with Crippen molar-refractivity contribution in [2.45, 2.75) is 31.1 Å². The minimum atomic E-state index is -0.0299. The first-order valence-electron chi connectivity index (χ1n) is 7.33. The second-order valence-electron chi connectivity index (χ2n) is 5.71. The summed E-state index contributed by atoms with van der Waals surface area (Å²) in [6, 6.07) is 3.87. The fourth-order valence-corrected chi connectivity index (χ4v) is 3.60. The van der Waals surface area contributed by atoms with Crippen LogP contribution in [0.25, 0.3) is 0 Å². The quantitative estimate of drug-likeness (QED) is 0.926. The summed E-state index contributed by atoms with van der Waals surface area (Å²) in [5.74, 6) is 2.54. The van der Waals surface area contributed by atoms with Crippen molar-refractivity contribution >= 4 is 23.6 Å². The standard InChI is InChI=1S/C15H20N2O3S/c1-21-9-11-3-4-13(20-11)15(19)17-7-6-12-10(8-17)2-5-14(18)16-12/h3-4,10,12H,2,5-9H2,1H3,(H,16,18). The number of rotatable bonds is 3. The second kappa shape index (κ2) is 6.13. The molecule has 2 amide bonds. The van der Waals surface area contributed by atoms with E-state index in [4.69, 9.17) is 4.42 Å². The van der Waals surface area contributed by atoms with Crippen LogP contribution in [0.3, 0.4) is 0 Å². The highest BCUT2D eigenvalue weighted by Gasteiger charge is 2.36. The lowest BCUT2D eigenvalue weighted by Gasteiger charge is -2.41. The number of carbonyl (C=O) groups is 2. The van der Waals surface area contributed by atoms with E-state index in [0.29, 0.717) is 31.2 Å². The van der Waals surface area contributed by atoms with Crippen LogP contribution in [0.5, 0.6) is 0 Å². The SMILES string of the molecule is CSCc1ccc(C(=O)N2CCC3NC(=O)CCC3C2)o1. The number of nitrogens with zero attached hydrogens (tertiary/aromatic N) is 1. The summed E-state index contributed by atoms with van der Waals surface area (Å²) in [7, 11) is 0. The minimum absolute atomic E-state index is 0.0299. The molecule has 1 N–H and O–H groups in total. The summed E-state index contributed by atoms with van der Waals surface area (Å²) in [5.41, 5.74) is 0. The Labute approximate surface area is 128 Å². The first-order chi connectivity index (χ1) is 10.2. The predicted molar refractivity (Wildman–Crippen MR) is 81.1 cm³/mol. The Morgan fingerprint density at radius 2 is 2.33 bits per heavy atom. The number of furan rings is 1. The Morgan fingerprint density at radius 1 is 1.48 bits per heavy atom. The van der Waals surface area contributed by atoms with Crippen LogP contribution in [0.4, 0.5) is 0 Å². The van der Waals surface area contributed by atoms with E-state index in [1.54, 1.807) is 17.8 Å². The zero-order valence-electron chi connectivity index (χ0n) is 12.1. The summed E-state index contributed by atoms with van der Waals surface area (Å²) in [6.45, 7) is 1.39. The fourth-order valence-electron chi connectivity index (χ4n) is 3.16. The maximum Gasteiger partial charge on any atom is 0.289 e. The normalized spacial score (nSPS) is 25.4. The molecule has 3 rings (SSSR count). The molecule has 3 heterocycles. The number of thioether (sulfide) groups is 1. The number of piperidine rings is 2. The van der Waals surface area contributed by atoms with Gasteiger partial charge in [0.15, 0.2) is 5.76 Å². The van der Waals surface area contributed by atoms with E-state index < -0.39 is 0 Å². The Balaban J connectivity index is 1.64. The number of amides is 2. The van der Waals surface area contributed by atoms with Gasteiger partial charge in [-0.3, -0.25) is 9.59 Å². The van der Waals surface area contributed by atoms with Gasteiger partial charge >= 0.3 is 0 Å². The number of likely N-dealkylation sites (tertiary alicyclic amines) is 1. The molecule has 0 aromatic carbocycles. The van der Waals surface area contributed by atoms with Gasteiger partial charge in [0.2, 0.25) is 5.91 Å². The van der Waals surface area contributed by atoms with Gasteiger partial charge < -0.3 is 14.6 Å². The lowest BCUT2D eigenvalue weighted by Crippen LogP contribution is -2.55. The predicted octanol–water partition coefficient (Wildman–Crippen LogP) is 1.88. The molecule has 2 fully saturated rings. The summed E-state index contributed by atoms with van der Waals surface area (Å²) in [5, 5.41) is 3.04. The molecular weight excluding hydrogens is 288 g/mol. The van der Waals surface area contributed by atoms with E-state index in [9.17, 15) is 9.59 Å². The molecule has 2 atom stereocenters. The van der Waals surface area contributed by atoms with Crippen LogP contribution in [0.1, 0.15) is 35.6 Å². The zero-order valence-corrected chi connectivity index (χ0v) is 12.9. The average Bonchev–Trinajstić information content (AvgIpc) is 2.95. The summed E-state index contributed by atoms with van der Waals surface area (Å²) < 4.78 is 5.61. The van der Waals surface area contributed by atoms with Crippen LogP contribution >= 0.6 is 11.8 Å². The van der Waals surface area contributed by atoms with E-state index >= 15 is 0 Å². The molecule has 2 aliphatic rings. The zero-order chi connectivity index (χ0) is 14.8. The number of carbonyl (C=O) groups excluding carboxylic acids is 2. The molecule has 1 aromatic heterocycles. The fraction of sp³-hybridized carbons (Fsp3) is 0.600. The minimum Gasteiger partial charge on any atom is -0.455 e. The lowest BCUT2D eigenvalue weighted by atomic mass is 9.85. The van der Waals surface area contributed by atoms with Crippen molar-refractivity contribution in [2.75, 3.05) is 19.3 Å². The van der Waals surface area contributed by atoms with Gasteiger partial charge in [0.1, 0.15) is 5.76 Å². The van der Waals surface area contributed by atoms with Crippen LogP contribution in [0, 0.1) is 5.92 Å². The van der Waals surface area contributed by atoms with Gasteiger partial charge in [0.25, 0.3) is 5.91 Å². The third kappa shape index (κ3) is 3.10. The van der Waals surface area contributed by atoms with E-state index in [2.05, 4.69) is 5.32 Å². The van der Waals surface area contributed by atoms with Crippen molar-refractivity contribution in [2.24, 2.45) is 5.92 Å². The van der Waals surface area contributed by atoms with Gasteiger partial charge in [0.05, 0.1) is 5.75 Å². The van der Waals surface area contributed by atoms with Crippen LogP contribution in [0.2, 0.25) is 0 Å². The molecule has 0 bridgehead atoms. The van der Waals surface area contributed by atoms with E-state index in [1.807, 2.05) is 17.2 Å². The van der Waals surface area contributed by atoms with Crippen molar-refractivity contribution in [1.29, 1.82) is 0 Å². The highest BCUT2D eigenvalue weighted by atomic mass is 32.2. The van der Waals surface area contributed by atoms with Gasteiger partial charge in [-0.2, -0.15) is 11.8 Å². The van der Waals surface area contributed by atoms with Crippen LogP contribution in [-0.2, 0) is 10.5 Å². The Kier molecular flexibility index (Phi) is 4.24. The number of fused-ring (bicyclic) bond motifs is 1. The smallest absolute Gasteiger partial charge is 0.289 e. The van der Waals surface area contributed by atoms with Crippen molar-refractivity contribution < 1.29 is 14.0 Å². The average molecular weight is 308 g/mol. The van der Waals surface area contributed by atoms with Gasteiger partial charge in [0, 0.05) is 25.6 Å². The highest BCUT2D eigenvalue weighted by molar-refractivity contribution is 7.97. The molecular formula is C15H20N2O3S. The highest BCUT2D eigenvalue weighted by Crippen LogP contribution is 2.26. The van der Waals surface area contributed by atoms with Crippen molar-refractivity contribution in [3.8, 4) is 0 Å². The first-order valence-corrected chi connectivity index (χ1v) is 8.73. The molecule has 2 unspecified atom stereocenters. The molecule has 6 heteroatoms. The topological polar surface area (TPSA) is 62.6 Å². The van der Waals surface area contributed by atoms with Gasteiger partial charge in [-0.25, -0.2) is 0 Å². The van der Waals surface area contributed by atoms with Crippen LogP contribution < -0.4 is 5.32 Å². The lowest BCUT2D eigenvalue weighted by molar-refractivity contribution is -0.125. The van der Waals surface area contributed by atoms with Crippen LogP contribution in [-0.4, -0.2) is 42.1 Å². The molecule has 2 saturated heterocycles. The number of nitrogens with one attached hydrogen (secondary N) is 1. The molecule has 0 spiro atoms. The second-order valence-corrected chi connectivity index (χ2v) is 6.58. The maximum absolute atomic E-state index is 12.5. The van der Waals surface area contributed by atoms with E-state index in [-0.39, 0.29) is 17.9 Å². The van der Waals surface area contributed by atoms with E-state index in [1.165, 1.54) is 0 Å². The molecule has 0 radical (unpaired) electrons. The largest absolute Gasteiger partial charge is 0.455 e. The monoisotopic (exact) mass is 308 g/mol. The molecule has 0 aliphatic carbocycles. The first kappa shape index (κ1) is 14.5. The molecule has 114 valence electrons. The summed E-state index contributed by atoms with van der Waals surface area (Å²) >= 11 is 1.67. The van der Waals surface area contributed by atoms with E-state index in [0.717, 1.165) is 24.4 Å². The summed E-state index contributed by atoms with van der Waals surface area (Å²) in [6.07, 6.45) is 4.28. The Morgan fingerprint density at radius 3 is 3.14 bits per heavy atom. The molecule has 2 aliphatic heterocycles. The van der Waals surface area contributed by atoms with Crippen molar-refractivity contribution in [3.05, 3.63) is 23.7 Å². The van der Waals surface area contributed by atoms with Gasteiger partial charge in [-0.1, -0.05) is 0 Å². The molecule has 21 heavy (non-hydrogen) atoms. The third-order valence-electron chi connectivity index (χ3n) is 4.27. The van der Waals surface area contributed by atoms with Gasteiger partial charge in [-0.15, -0.1) is 0 Å². The molecule has 0 saturated carbocycles. The van der Waals surface area contributed by atoms with Gasteiger partial charge in [-0.05, 0) is 37.1 Å². The molecule has 1 aromatic rings.